The average Bonchev–Trinajstić information content (AvgIpc) is 2.70. The Balaban J connectivity index is 2.24. The fourth-order valence-corrected chi connectivity index (χ4v) is 3.37. The Bertz CT molecular complexity index is 881. The minimum Gasteiger partial charge on any atom is -0.483 e. The van der Waals surface area contributed by atoms with Crippen molar-refractivity contribution < 1.29 is 18.7 Å². The second kappa shape index (κ2) is 10.8. The van der Waals surface area contributed by atoms with Gasteiger partial charge >= 0.3 is 0 Å². The van der Waals surface area contributed by atoms with Crippen LogP contribution in [0.3, 0.4) is 0 Å². The number of halogens is 1. The average molecular weight is 415 g/mol. The standard InChI is InChI=1S/C24H31FN2O3/c1-6-21(24(29)26-7-2)27(14-19-8-10-20(25)11-9-19)23(28)15-30-22-13-16(3)12-17(4)18(22)5/h8-13,21H,6-7,14-15H2,1-5H3,(H,26,29). The Morgan fingerprint density at radius 2 is 1.77 bits per heavy atom. The summed E-state index contributed by atoms with van der Waals surface area (Å²) in [6.45, 7) is 10.1. The van der Waals surface area contributed by atoms with Crippen molar-refractivity contribution in [3.05, 3.63) is 64.5 Å². The molecule has 2 aromatic carbocycles. The van der Waals surface area contributed by atoms with Gasteiger partial charge in [0, 0.05) is 13.1 Å². The van der Waals surface area contributed by atoms with Gasteiger partial charge in [0.15, 0.2) is 6.61 Å². The van der Waals surface area contributed by atoms with E-state index in [-0.39, 0.29) is 30.8 Å². The van der Waals surface area contributed by atoms with E-state index in [0.717, 1.165) is 22.3 Å². The molecule has 0 saturated carbocycles. The summed E-state index contributed by atoms with van der Waals surface area (Å²) in [6, 6.07) is 9.27. The normalized spacial score (nSPS) is 11.7. The fourth-order valence-electron chi connectivity index (χ4n) is 3.37. The minimum absolute atomic E-state index is 0.180. The lowest BCUT2D eigenvalue weighted by atomic mass is 10.1. The van der Waals surface area contributed by atoms with E-state index < -0.39 is 6.04 Å². The molecule has 0 saturated heterocycles. The van der Waals surface area contributed by atoms with Gasteiger partial charge in [-0.2, -0.15) is 0 Å². The third kappa shape index (κ3) is 6.05. The zero-order chi connectivity index (χ0) is 22.3. The molecule has 0 aliphatic carbocycles. The quantitative estimate of drug-likeness (QED) is 0.673. The first kappa shape index (κ1) is 23.4. The first-order chi connectivity index (χ1) is 14.3. The van der Waals surface area contributed by atoms with Gasteiger partial charge in [0.2, 0.25) is 5.91 Å². The zero-order valence-corrected chi connectivity index (χ0v) is 18.4. The molecule has 0 aliphatic heterocycles. The smallest absolute Gasteiger partial charge is 0.261 e. The maximum atomic E-state index is 13.3. The molecule has 6 heteroatoms. The number of hydrogen-bond acceptors (Lipinski definition) is 3. The minimum atomic E-state index is -0.633. The van der Waals surface area contributed by atoms with Gasteiger partial charge in [-0.25, -0.2) is 4.39 Å². The molecule has 162 valence electrons. The molecule has 0 spiro atoms. The van der Waals surface area contributed by atoms with Crippen LogP contribution in [0.15, 0.2) is 36.4 Å². The molecule has 0 aromatic heterocycles. The molecule has 5 nitrogen and oxygen atoms in total. The van der Waals surface area contributed by atoms with Crippen molar-refractivity contribution in [3.8, 4) is 5.75 Å². The van der Waals surface area contributed by atoms with E-state index in [2.05, 4.69) is 11.4 Å². The Labute approximate surface area is 178 Å². The van der Waals surface area contributed by atoms with Gasteiger partial charge < -0.3 is 15.0 Å². The van der Waals surface area contributed by atoms with E-state index in [1.807, 2.05) is 40.7 Å². The molecule has 1 N–H and O–H groups in total. The van der Waals surface area contributed by atoms with Crippen LogP contribution in [0.1, 0.15) is 42.5 Å². The Morgan fingerprint density at radius 1 is 1.10 bits per heavy atom. The van der Waals surface area contributed by atoms with Crippen LogP contribution in [0.2, 0.25) is 0 Å². The van der Waals surface area contributed by atoms with E-state index in [0.29, 0.717) is 18.7 Å². The summed E-state index contributed by atoms with van der Waals surface area (Å²) in [5.41, 5.74) is 3.87. The van der Waals surface area contributed by atoms with Crippen LogP contribution in [0.5, 0.6) is 5.75 Å². The molecule has 2 rings (SSSR count). The second-order valence-corrected chi connectivity index (χ2v) is 7.46. The van der Waals surface area contributed by atoms with E-state index in [4.69, 9.17) is 4.74 Å². The number of nitrogens with zero attached hydrogens (tertiary/aromatic N) is 1. The van der Waals surface area contributed by atoms with Crippen molar-refractivity contribution in [1.29, 1.82) is 0 Å². The third-order valence-electron chi connectivity index (χ3n) is 5.12. The van der Waals surface area contributed by atoms with Crippen LogP contribution in [0.4, 0.5) is 4.39 Å². The van der Waals surface area contributed by atoms with Gasteiger partial charge in [0.1, 0.15) is 17.6 Å². The van der Waals surface area contributed by atoms with Crippen molar-refractivity contribution in [2.75, 3.05) is 13.2 Å². The molecule has 0 fully saturated rings. The molecule has 30 heavy (non-hydrogen) atoms. The highest BCUT2D eigenvalue weighted by Crippen LogP contribution is 2.23. The largest absolute Gasteiger partial charge is 0.483 e. The number of hydrogen-bond donors (Lipinski definition) is 1. The first-order valence-corrected chi connectivity index (χ1v) is 10.3. The number of carbonyl (C=O) groups is 2. The highest BCUT2D eigenvalue weighted by Gasteiger charge is 2.28. The summed E-state index contributed by atoms with van der Waals surface area (Å²) in [5, 5.41) is 2.79. The predicted octanol–water partition coefficient (Wildman–Crippen LogP) is 4.07. The molecule has 0 heterocycles. The van der Waals surface area contributed by atoms with Gasteiger partial charge in [-0.1, -0.05) is 25.1 Å². The van der Waals surface area contributed by atoms with Crippen LogP contribution in [0.25, 0.3) is 0 Å². The first-order valence-electron chi connectivity index (χ1n) is 10.3. The van der Waals surface area contributed by atoms with Crippen molar-refractivity contribution in [2.24, 2.45) is 0 Å². The maximum absolute atomic E-state index is 13.3. The van der Waals surface area contributed by atoms with Crippen LogP contribution in [-0.4, -0.2) is 35.9 Å². The lowest BCUT2D eigenvalue weighted by Gasteiger charge is -2.30. The summed E-state index contributed by atoms with van der Waals surface area (Å²) >= 11 is 0. The third-order valence-corrected chi connectivity index (χ3v) is 5.12. The summed E-state index contributed by atoms with van der Waals surface area (Å²) in [4.78, 5) is 27.2. The molecular formula is C24H31FN2O3. The monoisotopic (exact) mass is 414 g/mol. The van der Waals surface area contributed by atoms with Crippen molar-refractivity contribution >= 4 is 11.8 Å². The lowest BCUT2D eigenvalue weighted by molar-refractivity contribution is -0.142. The number of aryl methyl sites for hydroxylation is 2. The van der Waals surface area contributed by atoms with E-state index in [9.17, 15) is 14.0 Å². The van der Waals surface area contributed by atoms with Crippen LogP contribution in [0, 0.1) is 26.6 Å². The van der Waals surface area contributed by atoms with Gasteiger partial charge in [-0.3, -0.25) is 9.59 Å². The second-order valence-electron chi connectivity index (χ2n) is 7.46. The number of likely N-dealkylation sites (N-methyl/N-ethyl adjacent to an activating group) is 1. The number of amides is 2. The molecule has 1 atom stereocenters. The number of nitrogens with one attached hydrogen (secondary N) is 1. The predicted molar refractivity (Wildman–Crippen MR) is 116 cm³/mol. The summed E-state index contributed by atoms with van der Waals surface area (Å²) in [5.74, 6) is -0.191. The number of benzene rings is 2. The lowest BCUT2D eigenvalue weighted by Crippen LogP contribution is -2.50. The maximum Gasteiger partial charge on any atom is 0.261 e. The van der Waals surface area contributed by atoms with E-state index >= 15 is 0 Å². The number of carbonyl (C=O) groups excluding carboxylic acids is 2. The zero-order valence-electron chi connectivity index (χ0n) is 18.4. The Morgan fingerprint density at radius 3 is 2.37 bits per heavy atom. The van der Waals surface area contributed by atoms with Gasteiger partial charge in [-0.15, -0.1) is 0 Å². The highest BCUT2D eigenvalue weighted by atomic mass is 19.1. The Hall–Kier alpha value is -2.89. The number of ether oxygens (including phenoxy) is 1. The summed E-state index contributed by atoms with van der Waals surface area (Å²) in [7, 11) is 0. The molecule has 2 amide bonds. The van der Waals surface area contributed by atoms with Gasteiger partial charge in [0.25, 0.3) is 5.91 Å². The summed E-state index contributed by atoms with van der Waals surface area (Å²) in [6.07, 6.45) is 0.460. The molecule has 0 radical (unpaired) electrons. The molecular weight excluding hydrogens is 383 g/mol. The Kier molecular flexibility index (Phi) is 8.39. The molecule has 0 bridgehead atoms. The molecule has 0 aliphatic rings. The number of rotatable bonds is 9. The van der Waals surface area contributed by atoms with E-state index in [1.165, 1.54) is 17.0 Å². The van der Waals surface area contributed by atoms with E-state index in [1.54, 1.807) is 12.1 Å². The van der Waals surface area contributed by atoms with Crippen LogP contribution in [-0.2, 0) is 16.1 Å². The SMILES string of the molecule is CCNC(=O)C(CC)N(Cc1ccc(F)cc1)C(=O)COc1cc(C)cc(C)c1C. The van der Waals surface area contributed by atoms with Crippen LogP contribution < -0.4 is 10.1 Å². The van der Waals surface area contributed by atoms with Crippen LogP contribution >= 0.6 is 0 Å². The van der Waals surface area contributed by atoms with Crippen molar-refractivity contribution in [2.45, 2.75) is 53.6 Å². The molecule has 2 aromatic rings. The van der Waals surface area contributed by atoms with Gasteiger partial charge in [0.05, 0.1) is 0 Å². The van der Waals surface area contributed by atoms with Crippen molar-refractivity contribution in [3.63, 3.8) is 0 Å². The topological polar surface area (TPSA) is 58.6 Å². The van der Waals surface area contributed by atoms with Gasteiger partial charge in [-0.05, 0) is 74.6 Å². The van der Waals surface area contributed by atoms with Crippen molar-refractivity contribution in [1.82, 2.24) is 10.2 Å². The summed E-state index contributed by atoms with van der Waals surface area (Å²) < 4.78 is 19.1. The molecule has 1 unspecified atom stereocenters. The fraction of sp³-hybridized carbons (Fsp3) is 0.417. The highest BCUT2D eigenvalue weighted by molar-refractivity contribution is 5.88.